The number of nitrogens with one attached hydrogen (secondary N) is 1. The van der Waals surface area contributed by atoms with Crippen LogP contribution in [0.25, 0.3) is 11.3 Å². The minimum atomic E-state index is -1.20. The zero-order valence-electron chi connectivity index (χ0n) is 26.0. The van der Waals surface area contributed by atoms with Gasteiger partial charge in [-0.2, -0.15) is 0 Å². The first-order valence-corrected chi connectivity index (χ1v) is 15.5. The summed E-state index contributed by atoms with van der Waals surface area (Å²) in [6.45, 7) is 0.323. The average Bonchev–Trinajstić information content (AvgIpc) is 3.53. The molecule has 0 radical (unpaired) electrons. The molecule has 2 amide bonds. The number of para-hydroxylation sites is 1. The third-order valence-electron chi connectivity index (χ3n) is 8.05. The van der Waals surface area contributed by atoms with E-state index in [2.05, 4.69) is 5.32 Å². The Hall–Kier alpha value is -4.67. The first-order chi connectivity index (χ1) is 22.8. The Morgan fingerprint density at radius 2 is 1.79 bits per heavy atom. The zero-order chi connectivity index (χ0) is 32.9. The second-order valence-electron chi connectivity index (χ2n) is 11.1. The quantitative estimate of drug-likeness (QED) is 0.159. The highest BCUT2D eigenvalue weighted by Gasteiger charge is 2.38. The molecule has 11 heteroatoms. The molecule has 1 aliphatic rings. The highest BCUT2D eigenvalue weighted by molar-refractivity contribution is 6.30. The molecule has 5 aromatic rings. The summed E-state index contributed by atoms with van der Waals surface area (Å²) >= 11 is 6.51. The molecule has 248 valence electrons. The number of methoxy groups -OCH3 is 1. The predicted molar refractivity (Wildman–Crippen MR) is 184 cm³/mol. The van der Waals surface area contributed by atoms with Crippen LogP contribution in [0.15, 0.2) is 108 Å². The number of nitrogens with zero attached hydrogens (tertiary/aromatic N) is 1. The van der Waals surface area contributed by atoms with E-state index in [4.69, 9.17) is 31.2 Å². The van der Waals surface area contributed by atoms with Crippen LogP contribution < -0.4 is 20.7 Å². The predicted octanol–water partition coefficient (Wildman–Crippen LogP) is 7.36. The molecule has 0 bridgehead atoms. The van der Waals surface area contributed by atoms with Crippen molar-refractivity contribution in [3.8, 4) is 17.1 Å². The maximum atomic E-state index is 14.4. The van der Waals surface area contributed by atoms with Crippen LogP contribution in [0.2, 0.25) is 5.02 Å². The van der Waals surface area contributed by atoms with Crippen molar-refractivity contribution in [2.24, 2.45) is 5.73 Å². The minimum absolute atomic E-state index is 0. The molecule has 48 heavy (non-hydrogen) atoms. The van der Waals surface area contributed by atoms with E-state index in [-0.39, 0.29) is 31.9 Å². The maximum Gasteiger partial charge on any atom is 0.257 e. The fraction of sp³-hybridized carbons (Fsp3) is 0.189. The summed E-state index contributed by atoms with van der Waals surface area (Å²) in [4.78, 5) is 29.2. The van der Waals surface area contributed by atoms with Crippen LogP contribution in [0.1, 0.15) is 40.5 Å². The van der Waals surface area contributed by atoms with E-state index in [1.165, 1.54) is 6.07 Å². The van der Waals surface area contributed by atoms with E-state index in [9.17, 15) is 14.0 Å². The molecule has 0 saturated heterocycles. The van der Waals surface area contributed by atoms with Crippen LogP contribution in [-0.2, 0) is 34.0 Å². The van der Waals surface area contributed by atoms with Crippen molar-refractivity contribution in [1.29, 1.82) is 0 Å². The normalized spacial score (nSPS) is 15.7. The molecule has 2 heterocycles. The van der Waals surface area contributed by atoms with Gasteiger partial charge in [0.05, 0.1) is 31.3 Å². The van der Waals surface area contributed by atoms with Crippen LogP contribution in [-0.4, -0.2) is 25.0 Å². The fourth-order valence-corrected chi connectivity index (χ4v) is 5.88. The summed E-state index contributed by atoms with van der Waals surface area (Å²) in [6, 6.07) is 30.1. The van der Waals surface area contributed by atoms with Crippen LogP contribution >= 0.6 is 24.0 Å². The summed E-state index contributed by atoms with van der Waals surface area (Å²) in [6.07, 6.45) is -2.25. The van der Waals surface area contributed by atoms with Gasteiger partial charge in [0, 0.05) is 29.2 Å². The lowest BCUT2D eigenvalue weighted by molar-refractivity contribution is -0.138. The second kappa shape index (κ2) is 15.5. The smallest absolute Gasteiger partial charge is 0.257 e. The van der Waals surface area contributed by atoms with Gasteiger partial charge in [-0.15, -0.1) is 12.4 Å². The van der Waals surface area contributed by atoms with Crippen molar-refractivity contribution >= 4 is 41.5 Å². The van der Waals surface area contributed by atoms with Crippen molar-refractivity contribution in [1.82, 2.24) is 5.32 Å². The van der Waals surface area contributed by atoms with E-state index < -0.39 is 29.8 Å². The molecule has 3 N–H and O–H groups in total. The van der Waals surface area contributed by atoms with Gasteiger partial charge >= 0.3 is 0 Å². The number of fused-ring (bicyclic) bond motifs is 1. The topological polar surface area (TPSA) is 107 Å². The number of hydrogen-bond donors (Lipinski definition) is 2. The zero-order valence-corrected chi connectivity index (χ0v) is 27.6. The minimum Gasteiger partial charge on any atom is -0.496 e. The maximum absolute atomic E-state index is 14.4. The molecule has 1 aromatic heterocycles. The number of halogens is 3. The number of rotatable bonds is 10. The Bertz CT molecular complexity index is 1920. The van der Waals surface area contributed by atoms with Gasteiger partial charge in [-0.05, 0) is 59.7 Å². The van der Waals surface area contributed by atoms with Gasteiger partial charge in [-0.3, -0.25) is 9.59 Å². The molecule has 1 aliphatic heterocycles. The monoisotopic (exact) mass is 689 g/mol. The number of ether oxygens (including phenoxy) is 2. The molecule has 0 fully saturated rings. The number of furan rings is 1. The summed E-state index contributed by atoms with van der Waals surface area (Å²) in [5.74, 6) is 0.388. The van der Waals surface area contributed by atoms with Crippen molar-refractivity contribution in [2.45, 2.75) is 38.3 Å². The summed E-state index contributed by atoms with van der Waals surface area (Å²) in [5, 5.41) is 3.19. The molecular weight excluding hydrogens is 656 g/mol. The Kier molecular flexibility index (Phi) is 11.2. The number of anilines is 1. The lowest BCUT2D eigenvalue weighted by Crippen LogP contribution is -2.41. The number of benzene rings is 4. The van der Waals surface area contributed by atoms with E-state index in [1.54, 1.807) is 54.5 Å². The van der Waals surface area contributed by atoms with Gasteiger partial charge in [-0.1, -0.05) is 66.2 Å². The molecule has 2 unspecified atom stereocenters. The lowest BCUT2D eigenvalue weighted by Gasteiger charge is -2.24. The van der Waals surface area contributed by atoms with Crippen LogP contribution in [0.5, 0.6) is 5.75 Å². The number of carbonyl (C=O) groups is 2. The van der Waals surface area contributed by atoms with Crippen LogP contribution in [0, 0.1) is 5.82 Å². The summed E-state index contributed by atoms with van der Waals surface area (Å²) in [5.41, 5.74) is 9.88. The highest BCUT2D eigenvalue weighted by atomic mass is 35.5. The highest BCUT2D eigenvalue weighted by Crippen LogP contribution is 2.41. The van der Waals surface area contributed by atoms with E-state index in [0.29, 0.717) is 45.7 Å². The Labute approximate surface area is 289 Å². The first kappa shape index (κ1) is 34.7. The SMILES string of the molecule is COc1ccccc1-c1ccc(CN2C(=O)C(CC(=O)NCc3ccccc3F)OC(c3cccc(CN)c3)c3cc(Cl)ccc32)o1.Cl. The molecule has 8 nitrogen and oxygen atoms in total. The molecular formula is C37H34Cl2FN3O5. The van der Waals surface area contributed by atoms with E-state index in [1.807, 2.05) is 54.6 Å². The summed E-state index contributed by atoms with van der Waals surface area (Å²) < 4.78 is 32.5. The van der Waals surface area contributed by atoms with Gasteiger partial charge in [0.1, 0.15) is 35.3 Å². The van der Waals surface area contributed by atoms with Crippen molar-refractivity contribution in [3.05, 3.63) is 142 Å². The standard InChI is InChI=1S/C37H33ClFN3O5.ClH/c1-45-32-12-5-3-10-28(32)33-16-14-27(46-33)22-42-31-15-13-26(38)18-29(31)36(24-9-6-7-23(17-24)20-40)47-34(37(42)44)19-35(43)41-21-25-8-2-4-11-30(25)39;/h2-18,34,36H,19-22,40H2,1H3,(H,41,43);1H. The third-order valence-corrected chi connectivity index (χ3v) is 8.28. The van der Waals surface area contributed by atoms with Crippen molar-refractivity contribution < 1.29 is 27.9 Å². The molecule has 6 rings (SSSR count). The van der Waals surface area contributed by atoms with E-state index >= 15 is 0 Å². The second-order valence-corrected chi connectivity index (χ2v) is 11.6. The number of hydrogen-bond acceptors (Lipinski definition) is 6. The Morgan fingerprint density at radius 3 is 2.58 bits per heavy atom. The van der Waals surface area contributed by atoms with Crippen LogP contribution in [0.4, 0.5) is 10.1 Å². The van der Waals surface area contributed by atoms with Gasteiger partial charge in [0.15, 0.2) is 0 Å². The average molecular weight is 691 g/mol. The number of nitrogens with two attached hydrogens (primary N) is 1. The van der Waals surface area contributed by atoms with Crippen molar-refractivity contribution in [2.75, 3.05) is 12.0 Å². The Balaban J connectivity index is 0.00000451. The third kappa shape index (κ3) is 7.55. The summed E-state index contributed by atoms with van der Waals surface area (Å²) in [7, 11) is 1.59. The molecule has 2 atom stereocenters. The fourth-order valence-electron chi connectivity index (χ4n) is 5.70. The first-order valence-electron chi connectivity index (χ1n) is 15.1. The van der Waals surface area contributed by atoms with Gasteiger partial charge in [0.2, 0.25) is 5.91 Å². The molecule has 0 spiro atoms. The van der Waals surface area contributed by atoms with Gasteiger partial charge in [-0.25, -0.2) is 4.39 Å². The van der Waals surface area contributed by atoms with Crippen molar-refractivity contribution in [3.63, 3.8) is 0 Å². The molecule has 4 aromatic carbocycles. The number of amides is 2. The Morgan fingerprint density at radius 1 is 1.00 bits per heavy atom. The lowest BCUT2D eigenvalue weighted by atomic mass is 9.97. The molecule has 0 aliphatic carbocycles. The molecule has 0 saturated carbocycles. The number of carbonyl (C=O) groups excluding carboxylic acids is 2. The van der Waals surface area contributed by atoms with Gasteiger partial charge in [0.25, 0.3) is 5.91 Å². The van der Waals surface area contributed by atoms with Gasteiger partial charge < -0.3 is 29.8 Å². The van der Waals surface area contributed by atoms with E-state index in [0.717, 1.165) is 16.7 Å². The largest absolute Gasteiger partial charge is 0.496 e. The van der Waals surface area contributed by atoms with Crippen LogP contribution in [0.3, 0.4) is 0 Å².